The Bertz CT molecular complexity index is 580. The van der Waals surface area contributed by atoms with Gasteiger partial charge in [-0.25, -0.2) is 4.79 Å². The summed E-state index contributed by atoms with van der Waals surface area (Å²) in [6.07, 6.45) is 0. The van der Waals surface area contributed by atoms with Gasteiger partial charge in [0.25, 0.3) is 0 Å². The van der Waals surface area contributed by atoms with Gasteiger partial charge >= 0.3 is 5.97 Å². The summed E-state index contributed by atoms with van der Waals surface area (Å²) in [6, 6.07) is 7.71. The van der Waals surface area contributed by atoms with E-state index < -0.39 is 0 Å². The summed E-state index contributed by atoms with van der Waals surface area (Å²) < 4.78 is 5.97. The predicted octanol–water partition coefficient (Wildman–Crippen LogP) is 3.94. The second-order valence-corrected chi connectivity index (χ2v) is 5.35. The molecule has 0 saturated carbocycles. The van der Waals surface area contributed by atoms with Crippen LogP contribution in [0.5, 0.6) is 0 Å². The van der Waals surface area contributed by atoms with Gasteiger partial charge in [-0.1, -0.05) is 34.1 Å². The van der Waals surface area contributed by atoms with Gasteiger partial charge in [-0.3, -0.25) is 0 Å². The molecule has 94 valence electrons. The van der Waals surface area contributed by atoms with Crippen LogP contribution < -0.4 is 5.73 Å². The molecule has 0 aliphatic heterocycles. The third-order valence-electron chi connectivity index (χ3n) is 2.46. The number of thiophene rings is 1. The van der Waals surface area contributed by atoms with E-state index in [2.05, 4.69) is 15.9 Å². The van der Waals surface area contributed by atoms with E-state index in [1.54, 1.807) is 6.92 Å². The van der Waals surface area contributed by atoms with Crippen LogP contribution in [0.15, 0.2) is 34.1 Å². The first-order valence-corrected chi connectivity index (χ1v) is 7.11. The first-order valence-electron chi connectivity index (χ1n) is 5.44. The zero-order chi connectivity index (χ0) is 13.1. The Balaban J connectivity index is 2.53. The Morgan fingerprint density at radius 3 is 2.78 bits per heavy atom. The lowest BCUT2D eigenvalue weighted by molar-refractivity contribution is 0.0529. The molecule has 0 bridgehead atoms. The lowest BCUT2D eigenvalue weighted by atomic mass is 10.0. The number of carbonyl (C=O) groups is 1. The highest BCUT2D eigenvalue weighted by Crippen LogP contribution is 2.37. The normalized spacial score (nSPS) is 10.3. The molecule has 0 aliphatic carbocycles. The molecule has 5 heteroatoms. The smallest absolute Gasteiger partial charge is 0.341 e. The van der Waals surface area contributed by atoms with Crippen LogP contribution in [-0.4, -0.2) is 12.6 Å². The van der Waals surface area contributed by atoms with E-state index in [1.165, 1.54) is 11.3 Å². The van der Waals surface area contributed by atoms with Crippen LogP contribution >= 0.6 is 27.3 Å². The van der Waals surface area contributed by atoms with E-state index in [1.807, 2.05) is 29.6 Å². The van der Waals surface area contributed by atoms with Gasteiger partial charge in [0, 0.05) is 15.4 Å². The highest BCUT2D eigenvalue weighted by Gasteiger charge is 2.20. The highest BCUT2D eigenvalue weighted by molar-refractivity contribution is 9.10. The zero-order valence-corrected chi connectivity index (χ0v) is 12.2. The summed E-state index contributed by atoms with van der Waals surface area (Å²) in [6.45, 7) is 2.11. The summed E-state index contributed by atoms with van der Waals surface area (Å²) in [4.78, 5) is 11.9. The third kappa shape index (κ3) is 2.42. The molecule has 0 amide bonds. The average Bonchev–Trinajstić information content (AvgIpc) is 2.72. The number of rotatable bonds is 3. The summed E-state index contributed by atoms with van der Waals surface area (Å²) >= 11 is 4.82. The first kappa shape index (κ1) is 13.1. The summed E-state index contributed by atoms with van der Waals surface area (Å²) in [5.74, 6) is -0.373. The molecule has 18 heavy (non-hydrogen) atoms. The van der Waals surface area contributed by atoms with Crippen molar-refractivity contribution >= 4 is 38.2 Å². The van der Waals surface area contributed by atoms with Crippen molar-refractivity contribution < 1.29 is 9.53 Å². The van der Waals surface area contributed by atoms with Gasteiger partial charge in [0.2, 0.25) is 0 Å². The van der Waals surface area contributed by atoms with Crippen LogP contribution in [0.3, 0.4) is 0 Å². The fourth-order valence-electron chi connectivity index (χ4n) is 1.66. The van der Waals surface area contributed by atoms with Crippen molar-refractivity contribution in [3.05, 3.63) is 39.7 Å². The molecule has 0 radical (unpaired) electrons. The molecule has 0 aliphatic rings. The Kier molecular flexibility index (Phi) is 4.04. The average molecular weight is 326 g/mol. The Morgan fingerprint density at radius 2 is 2.11 bits per heavy atom. The molecule has 1 aromatic carbocycles. The fourth-order valence-corrected chi connectivity index (χ4v) is 2.96. The minimum Gasteiger partial charge on any atom is -0.462 e. The number of nitrogens with two attached hydrogens (primary N) is 1. The van der Waals surface area contributed by atoms with Gasteiger partial charge in [0.1, 0.15) is 10.6 Å². The van der Waals surface area contributed by atoms with Gasteiger partial charge in [-0.2, -0.15) is 0 Å². The largest absolute Gasteiger partial charge is 0.462 e. The predicted molar refractivity (Wildman–Crippen MR) is 77.8 cm³/mol. The lowest BCUT2D eigenvalue weighted by Crippen LogP contribution is -2.07. The number of esters is 1. The molecule has 2 aromatic rings. The molecule has 0 unspecified atom stereocenters. The van der Waals surface area contributed by atoms with Crippen molar-refractivity contribution in [1.29, 1.82) is 0 Å². The maximum Gasteiger partial charge on any atom is 0.341 e. The van der Waals surface area contributed by atoms with Gasteiger partial charge in [-0.05, 0) is 18.6 Å². The van der Waals surface area contributed by atoms with Crippen LogP contribution in [0, 0.1) is 0 Å². The number of anilines is 1. The van der Waals surface area contributed by atoms with Crippen molar-refractivity contribution in [2.24, 2.45) is 0 Å². The summed E-state index contributed by atoms with van der Waals surface area (Å²) in [5, 5.41) is 2.36. The zero-order valence-electron chi connectivity index (χ0n) is 9.77. The standard InChI is InChI=1S/C13H12BrNO2S/c1-2-17-13(16)11-9(7-18-12(11)15)8-5-3-4-6-10(8)14/h3-7H,2,15H2,1H3. The van der Waals surface area contributed by atoms with Gasteiger partial charge in [0.05, 0.1) is 6.61 Å². The Hall–Kier alpha value is -1.33. The molecule has 1 aromatic heterocycles. The molecule has 0 saturated heterocycles. The van der Waals surface area contributed by atoms with Crippen molar-refractivity contribution in [1.82, 2.24) is 0 Å². The third-order valence-corrected chi connectivity index (χ3v) is 3.97. The SMILES string of the molecule is CCOC(=O)c1c(-c2ccccc2Br)csc1N. The first-order chi connectivity index (χ1) is 8.65. The van der Waals surface area contributed by atoms with E-state index in [0.717, 1.165) is 15.6 Å². The molecule has 1 heterocycles. The quantitative estimate of drug-likeness (QED) is 0.869. The van der Waals surface area contributed by atoms with Gasteiger partial charge in [-0.15, -0.1) is 11.3 Å². The van der Waals surface area contributed by atoms with E-state index in [9.17, 15) is 4.79 Å². The van der Waals surface area contributed by atoms with Gasteiger partial charge in [0.15, 0.2) is 0 Å². The topological polar surface area (TPSA) is 52.3 Å². The molecular weight excluding hydrogens is 314 g/mol. The van der Waals surface area contributed by atoms with E-state index in [0.29, 0.717) is 17.2 Å². The summed E-state index contributed by atoms with van der Waals surface area (Å²) in [7, 11) is 0. The molecular formula is C13H12BrNO2S. The number of nitrogen functional groups attached to an aromatic ring is 1. The second-order valence-electron chi connectivity index (χ2n) is 3.59. The van der Waals surface area contributed by atoms with Crippen LogP contribution in [-0.2, 0) is 4.74 Å². The number of benzene rings is 1. The number of carbonyl (C=O) groups excluding carboxylic acids is 1. The van der Waals surface area contributed by atoms with E-state index >= 15 is 0 Å². The number of hydrogen-bond acceptors (Lipinski definition) is 4. The molecule has 2 rings (SSSR count). The van der Waals surface area contributed by atoms with Crippen LogP contribution in [0.2, 0.25) is 0 Å². The second kappa shape index (κ2) is 5.54. The van der Waals surface area contributed by atoms with E-state index in [-0.39, 0.29) is 5.97 Å². The fraction of sp³-hybridized carbons (Fsp3) is 0.154. The molecule has 0 spiro atoms. The maximum atomic E-state index is 11.9. The van der Waals surface area contributed by atoms with Crippen molar-refractivity contribution in [3.63, 3.8) is 0 Å². The maximum absolute atomic E-state index is 11.9. The summed E-state index contributed by atoms with van der Waals surface area (Å²) in [5.41, 5.74) is 8.06. The van der Waals surface area contributed by atoms with Crippen molar-refractivity contribution in [3.8, 4) is 11.1 Å². The minimum absolute atomic E-state index is 0.337. The van der Waals surface area contributed by atoms with Crippen molar-refractivity contribution in [2.75, 3.05) is 12.3 Å². The lowest BCUT2D eigenvalue weighted by Gasteiger charge is -2.07. The van der Waals surface area contributed by atoms with Crippen LogP contribution in [0.1, 0.15) is 17.3 Å². The molecule has 0 atom stereocenters. The van der Waals surface area contributed by atoms with Crippen LogP contribution in [0.4, 0.5) is 5.00 Å². The van der Waals surface area contributed by atoms with Crippen molar-refractivity contribution in [2.45, 2.75) is 6.92 Å². The minimum atomic E-state index is -0.373. The monoisotopic (exact) mass is 325 g/mol. The van der Waals surface area contributed by atoms with E-state index in [4.69, 9.17) is 10.5 Å². The highest BCUT2D eigenvalue weighted by atomic mass is 79.9. The number of halogens is 1. The Labute approximate surface area is 118 Å². The molecule has 3 nitrogen and oxygen atoms in total. The molecule has 2 N–H and O–H groups in total. The van der Waals surface area contributed by atoms with Gasteiger partial charge < -0.3 is 10.5 Å². The Morgan fingerprint density at radius 1 is 1.39 bits per heavy atom. The number of ether oxygens (including phenoxy) is 1. The van der Waals surface area contributed by atoms with Crippen LogP contribution in [0.25, 0.3) is 11.1 Å². The number of hydrogen-bond donors (Lipinski definition) is 1. The molecule has 0 fully saturated rings.